The van der Waals surface area contributed by atoms with Gasteiger partial charge in [0, 0.05) is 31.4 Å². The first-order chi connectivity index (χ1) is 9.15. The third-order valence-corrected chi connectivity index (χ3v) is 3.91. The monoisotopic (exact) mass is 264 g/mol. The maximum atomic E-state index is 10.8. The van der Waals surface area contributed by atoms with Crippen molar-refractivity contribution >= 4 is 11.5 Å². The summed E-state index contributed by atoms with van der Waals surface area (Å²) in [7, 11) is 0. The number of anilines is 1. The summed E-state index contributed by atoms with van der Waals surface area (Å²) in [4.78, 5) is 16.8. The summed E-state index contributed by atoms with van der Waals surface area (Å²) in [5.74, 6) is 1.36. The minimum Gasteiger partial charge on any atom is -0.352 e. The second-order valence-electron chi connectivity index (χ2n) is 5.01. The van der Waals surface area contributed by atoms with Crippen LogP contribution in [0.3, 0.4) is 0 Å². The number of piperidine rings is 1. The minimum atomic E-state index is -0.387. The highest BCUT2D eigenvalue weighted by atomic mass is 16.6. The third-order valence-electron chi connectivity index (χ3n) is 3.91. The lowest BCUT2D eigenvalue weighted by Gasteiger charge is -2.39. The first-order valence-corrected chi connectivity index (χ1v) is 6.72. The van der Waals surface area contributed by atoms with Crippen molar-refractivity contribution in [3.05, 3.63) is 28.4 Å². The zero-order valence-corrected chi connectivity index (χ0v) is 11.2. The Morgan fingerprint density at radius 3 is 3.05 bits per heavy atom. The molecule has 0 radical (unpaired) electrons. The van der Waals surface area contributed by atoms with Gasteiger partial charge in [0.05, 0.1) is 11.0 Å². The molecule has 1 fully saturated rings. The Morgan fingerprint density at radius 1 is 1.63 bits per heavy atom. The Balaban J connectivity index is 2.20. The largest absolute Gasteiger partial charge is 0.352 e. The molecule has 6 nitrogen and oxygen atoms in total. The van der Waals surface area contributed by atoms with Gasteiger partial charge in [0.15, 0.2) is 0 Å². The Morgan fingerprint density at radius 2 is 2.42 bits per heavy atom. The van der Waals surface area contributed by atoms with E-state index >= 15 is 0 Å². The van der Waals surface area contributed by atoms with Gasteiger partial charge in [-0.1, -0.05) is 13.3 Å². The third kappa shape index (κ3) is 3.01. The van der Waals surface area contributed by atoms with Crippen LogP contribution in [0, 0.1) is 16.0 Å². The van der Waals surface area contributed by atoms with E-state index in [4.69, 9.17) is 5.73 Å². The maximum Gasteiger partial charge on any atom is 0.274 e. The zero-order chi connectivity index (χ0) is 13.8. The molecule has 1 aliphatic heterocycles. The summed E-state index contributed by atoms with van der Waals surface area (Å²) in [6, 6.07) is 3.18. The molecule has 2 heterocycles. The second-order valence-corrected chi connectivity index (χ2v) is 5.01. The van der Waals surface area contributed by atoms with E-state index in [1.807, 2.05) is 0 Å². The van der Waals surface area contributed by atoms with Crippen LogP contribution in [0.4, 0.5) is 11.5 Å². The average Bonchev–Trinajstić information content (AvgIpc) is 2.46. The summed E-state index contributed by atoms with van der Waals surface area (Å²) in [6.45, 7) is 3.62. The highest BCUT2D eigenvalue weighted by Gasteiger charge is 2.28. The van der Waals surface area contributed by atoms with Crippen LogP contribution in [0.5, 0.6) is 0 Å². The van der Waals surface area contributed by atoms with Crippen LogP contribution in [0.2, 0.25) is 0 Å². The summed E-state index contributed by atoms with van der Waals surface area (Å²) in [5.41, 5.74) is 5.92. The topological polar surface area (TPSA) is 85.3 Å². The van der Waals surface area contributed by atoms with E-state index in [0.29, 0.717) is 18.3 Å². The van der Waals surface area contributed by atoms with Crippen LogP contribution in [0.15, 0.2) is 18.3 Å². The van der Waals surface area contributed by atoms with Gasteiger partial charge in [0.1, 0.15) is 5.82 Å². The molecule has 0 saturated carbocycles. The normalized spacial score (nSPS) is 23.4. The lowest BCUT2D eigenvalue weighted by Crippen LogP contribution is -2.47. The predicted octanol–water partition coefficient (Wildman–Crippen LogP) is 1.94. The molecule has 1 aromatic heterocycles. The van der Waals surface area contributed by atoms with Crippen LogP contribution in [0.1, 0.15) is 26.2 Å². The number of rotatable bonds is 4. The van der Waals surface area contributed by atoms with Crippen molar-refractivity contribution < 1.29 is 4.92 Å². The molecular formula is C13H20N4O2. The Kier molecular flexibility index (Phi) is 4.31. The molecule has 2 unspecified atom stereocenters. The van der Waals surface area contributed by atoms with Crippen molar-refractivity contribution in [2.75, 3.05) is 18.0 Å². The van der Waals surface area contributed by atoms with Gasteiger partial charge in [0.25, 0.3) is 5.69 Å². The molecule has 6 heteroatoms. The van der Waals surface area contributed by atoms with Gasteiger partial charge < -0.3 is 10.6 Å². The smallest absolute Gasteiger partial charge is 0.274 e. The average molecular weight is 264 g/mol. The highest BCUT2D eigenvalue weighted by molar-refractivity contribution is 5.48. The molecule has 1 saturated heterocycles. The van der Waals surface area contributed by atoms with E-state index < -0.39 is 0 Å². The Bertz CT molecular complexity index is 452. The number of nitrogens with two attached hydrogens (primary N) is 1. The van der Waals surface area contributed by atoms with Gasteiger partial charge in [0.2, 0.25) is 0 Å². The first kappa shape index (κ1) is 13.7. The minimum absolute atomic E-state index is 0.0818. The number of hydrogen-bond donors (Lipinski definition) is 1. The molecule has 1 aromatic rings. The van der Waals surface area contributed by atoms with Crippen molar-refractivity contribution in [1.82, 2.24) is 4.98 Å². The molecular weight excluding hydrogens is 244 g/mol. The van der Waals surface area contributed by atoms with Gasteiger partial charge >= 0.3 is 0 Å². The van der Waals surface area contributed by atoms with Crippen molar-refractivity contribution in [2.24, 2.45) is 11.7 Å². The molecule has 1 aliphatic rings. The second kappa shape index (κ2) is 5.97. The molecule has 104 valence electrons. The van der Waals surface area contributed by atoms with E-state index in [1.165, 1.54) is 18.3 Å². The number of hydrogen-bond acceptors (Lipinski definition) is 5. The fourth-order valence-corrected chi connectivity index (χ4v) is 2.71. The van der Waals surface area contributed by atoms with Crippen molar-refractivity contribution in [3.63, 3.8) is 0 Å². The quantitative estimate of drug-likeness (QED) is 0.663. The lowest BCUT2D eigenvalue weighted by atomic mass is 9.89. The summed E-state index contributed by atoms with van der Waals surface area (Å²) in [5, 5.41) is 10.8. The molecule has 0 aliphatic carbocycles. The highest BCUT2D eigenvalue weighted by Crippen LogP contribution is 2.29. The number of pyridine rings is 1. The molecule has 19 heavy (non-hydrogen) atoms. The molecule has 2 atom stereocenters. The van der Waals surface area contributed by atoms with Crippen molar-refractivity contribution in [2.45, 2.75) is 32.2 Å². The zero-order valence-electron chi connectivity index (χ0n) is 11.2. The Hall–Kier alpha value is -1.69. The number of aromatic nitrogens is 1. The van der Waals surface area contributed by atoms with Gasteiger partial charge in [-0.15, -0.1) is 0 Å². The summed E-state index contributed by atoms with van der Waals surface area (Å²) in [6.07, 6.45) is 4.79. The van der Waals surface area contributed by atoms with Crippen LogP contribution in [0.25, 0.3) is 0 Å². The van der Waals surface area contributed by atoms with Gasteiger partial charge in [-0.05, 0) is 18.8 Å². The van der Waals surface area contributed by atoms with Crippen LogP contribution < -0.4 is 10.6 Å². The SMILES string of the molecule is CCC1CCN(c2cc([N+](=O)[O-])ccn2)C(CN)C1. The molecule has 2 N–H and O–H groups in total. The molecule has 0 aromatic carbocycles. The fraction of sp³-hybridized carbons (Fsp3) is 0.615. The predicted molar refractivity (Wildman–Crippen MR) is 74.1 cm³/mol. The first-order valence-electron chi connectivity index (χ1n) is 6.72. The number of nitrogens with zero attached hydrogens (tertiary/aromatic N) is 3. The van der Waals surface area contributed by atoms with Gasteiger partial charge in [-0.3, -0.25) is 10.1 Å². The molecule has 0 spiro atoms. The maximum absolute atomic E-state index is 10.8. The number of nitro groups is 1. The van der Waals surface area contributed by atoms with Gasteiger partial charge in [-0.2, -0.15) is 0 Å². The van der Waals surface area contributed by atoms with E-state index in [2.05, 4.69) is 16.8 Å². The van der Waals surface area contributed by atoms with E-state index in [1.54, 1.807) is 0 Å². The van der Waals surface area contributed by atoms with Crippen LogP contribution >= 0.6 is 0 Å². The Labute approximate surface area is 112 Å². The van der Waals surface area contributed by atoms with Crippen LogP contribution in [-0.2, 0) is 0 Å². The molecule has 0 amide bonds. The summed E-state index contributed by atoms with van der Waals surface area (Å²) < 4.78 is 0. The van der Waals surface area contributed by atoms with E-state index in [0.717, 1.165) is 25.8 Å². The van der Waals surface area contributed by atoms with E-state index in [9.17, 15) is 10.1 Å². The van der Waals surface area contributed by atoms with Crippen LogP contribution in [-0.4, -0.2) is 29.0 Å². The van der Waals surface area contributed by atoms with Crippen molar-refractivity contribution in [3.8, 4) is 0 Å². The van der Waals surface area contributed by atoms with Gasteiger partial charge in [-0.25, -0.2) is 4.98 Å². The van der Waals surface area contributed by atoms with E-state index in [-0.39, 0.29) is 16.7 Å². The summed E-state index contributed by atoms with van der Waals surface area (Å²) >= 11 is 0. The lowest BCUT2D eigenvalue weighted by molar-refractivity contribution is -0.384. The van der Waals surface area contributed by atoms with Crippen molar-refractivity contribution in [1.29, 1.82) is 0 Å². The molecule has 2 rings (SSSR count). The fourth-order valence-electron chi connectivity index (χ4n) is 2.71. The standard InChI is InChI=1S/C13H20N4O2/c1-2-10-4-6-16(12(7-10)9-14)13-8-11(17(18)19)3-5-15-13/h3,5,8,10,12H,2,4,6-7,9,14H2,1H3. The molecule has 0 bridgehead atoms.